The van der Waals surface area contributed by atoms with E-state index in [4.69, 9.17) is 11.6 Å². The number of rotatable bonds is 3. The summed E-state index contributed by atoms with van der Waals surface area (Å²) < 4.78 is 0. The van der Waals surface area contributed by atoms with E-state index < -0.39 is 10.8 Å². The third-order valence-corrected chi connectivity index (χ3v) is 4.48. The van der Waals surface area contributed by atoms with Crippen LogP contribution < -0.4 is 5.32 Å². The van der Waals surface area contributed by atoms with E-state index in [0.29, 0.717) is 5.69 Å². The first-order valence-corrected chi connectivity index (χ1v) is 7.88. The lowest BCUT2D eigenvalue weighted by Gasteiger charge is -2.25. The summed E-state index contributed by atoms with van der Waals surface area (Å²) in [5, 5.41) is 13.5. The number of carbonyl (C=O) groups excluding carboxylic acids is 1. The number of nitro benzene ring substituents is 1. The average Bonchev–Trinajstić information content (AvgIpc) is 2.54. The Balaban J connectivity index is 1.84. The maximum atomic E-state index is 12.4. The summed E-state index contributed by atoms with van der Waals surface area (Å²) in [6.45, 7) is 1.85. The fourth-order valence-electron chi connectivity index (χ4n) is 2.81. The first-order chi connectivity index (χ1) is 11.5. The van der Waals surface area contributed by atoms with Gasteiger partial charge in [-0.2, -0.15) is 0 Å². The number of likely N-dealkylation sites (N-methyl/N-ethyl adjacent to an activating group) is 1. The molecule has 1 amide bonds. The van der Waals surface area contributed by atoms with E-state index in [2.05, 4.69) is 17.3 Å². The monoisotopic (exact) mass is 345 g/mol. The van der Waals surface area contributed by atoms with Gasteiger partial charge in [0, 0.05) is 24.8 Å². The molecular formula is C17H16ClN3O3. The predicted octanol–water partition coefficient (Wildman–Crippen LogP) is 3.49. The Hall–Kier alpha value is -2.44. The Morgan fingerprint density at radius 2 is 2.08 bits per heavy atom. The number of carbonyl (C=O) groups is 1. The molecule has 0 aromatic heterocycles. The summed E-state index contributed by atoms with van der Waals surface area (Å²) >= 11 is 5.99. The molecule has 0 spiro atoms. The topological polar surface area (TPSA) is 75.5 Å². The maximum absolute atomic E-state index is 12.4. The Kier molecular flexibility index (Phi) is 4.51. The van der Waals surface area contributed by atoms with Gasteiger partial charge in [0.15, 0.2) is 0 Å². The third kappa shape index (κ3) is 3.25. The van der Waals surface area contributed by atoms with Crippen molar-refractivity contribution in [2.24, 2.45) is 0 Å². The lowest BCUT2D eigenvalue weighted by molar-refractivity contribution is -0.384. The molecule has 6 nitrogen and oxygen atoms in total. The highest BCUT2D eigenvalue weighted by atomic mass is 35.5. The number of nitrogens with one attached hydrogen (secondary N) is 1. The number of fused-ring (bicyclic) bond motifs is 1. The summed E-state index contributed by atoms with van der Waals surface area (Å²) in [5.74, 6) is -0.465. The highest BCUT2D eigenvalue weighted by molar-refractivity contribution is 6.36. The van der Waals surface area contributed by atoms with Crippen molar-refractivity contribution in [3.63, 3.8) is 0 Å². The minimum absolute atomic E-state index is 0.0840. The van der Waals surface area contributed by atoms with Gasteiger partial charge in [0.2, 0.25) is 0 Å². The van der Waals surface area contributed by atoms with Crippen LogP contribution in [0.1, 0.15) is 21.5 Å². The second-order valence-corrected chi connectivity index (χ2v) is 6.20. The van der Waals surface area contributed by atoms with Crippen molar-refractivity contribution in [1.29, 1.82) is 0 Å². The van der Waals surface area contributed by atoms with E-state index in [1.807, 2.05) is 18.2 Å². The molecule has 0 unspecified atom stereocenters. The molecule has 0 radical (unpaired) electrons. The Morgan fingerprint density at radius 1 is 1.29 bits per heavy atom. The van der Waals surface area contributed by atoms with E-state index in [0.717, 1.165) is 19.5 Å². The number of anilines is 1. The van der Waals surface area contributed by atoms with Gasteiger partial charge in [-0.1, -0.05) is 23.7 Å². The number of amides is 1. The van der Waals surface area contributed by atoms with Crippen LogP contribution in [0.4, 0.5) is 11.4 Å². The Bertz CT molecular complexity index is 823. The highest BCUT2D eigenvalue weighted by Crippen LogP contribution is 2.29. The van der Waals surface area contributed by atoms with Crippen LogP contribution in [0, 0.1) is 10.1 Å². The summed E-state index contributed by atoms with van der Waals surface area (Å²) in [4.78, 5) is 25.0. The molecule has 24 heavy (non-hydrogen) atoms. The van der Waals surface area contributed by atoms with Gasteiger partial charge in [0.1, 0.15) is 5.02 Å². The van der Waals surface area contributed by atoms with E-state index in [1.54, 1.807) is 0 Å². The molecule has 7 heteroatoms. The molecule has 0 saturated carbocycles. The summed E-state index contributed by atoms with van der Waals surface area (Å²) in [5.41, 5.74) is 2.90. The standard InChI is InChI=1S/C17H16ClN3O3/c1-20-8-7-11-5-6-13(9-12(11)10-20)19-17(22)14-3-2-4-15(16(14)18)21(23)24/h2-6,9H,7-8,10H2,1H3,(H,19,22). The maximum Gasteiger partial charge on any atom is 0.288 e. The first-order valence-electron chi connectivity index (χ1n) is 7.50. The van der Waals surface area contributed by atoms with Gasteiger partial charge in [-0.3, -0.25) is 14.9 Å². The molecule has 3 rings (SSSR count). The molecule has 2 aromatic rings. The smallest absolute Gasteiger partial charge is 0.288 e. The predicted molar refractivity (Wildman–Crippen MR) is 92.5 cm³/mol. The molecule has 2 aromatic carbocycles. The first kappa shape index (κ1) is 16.4. The van der Waals surface area contributed by atoms with Crippen LogP contribution in [0.25, 0.3) is 0 Å². The average molecular weight is 346 g/mol. The van der Waals surface area contributed by atoms with Crippen LogP contribution >= 0.6 is 11.6 Å². The van der Waals surface area contributed by atoms with E-state index in [9.17, 15) is 14.9 Å². The molecule has 0 aliphatic carbocycles. The zero-order valence-electron chi connectivity index (χ0n) is 13.1. The number of nitro groups is 1. The molecule has 0 fully saturated rings. The number of nitrogens with zero attached hydrogens (tertiary/aromatic N) is 2. The zero-order valence-corrected chi connectivity index (χ0v) is 13.8. The Morgan fingerprint density at radius 3 is 2.83 bits per heavy atom. The van der Waals surface area contributed by atoms with Gasteiger partial charge in [-0.05, 0) is 42.8 Å². The summed E-state index contributed by atoms with van der Waals surface area (Å²) in [6, 6.07) is 9.97. The Labute approximate surface area is 144 Å². The number of hydrogen-bond acceptors (Lipinski definition) is 4. The molecule has 1 heterocycles. The van der Waals surface area contributed by atoms with Crippen molar-refractivity contribution >= 4 is 28.9 Å². The highest BCUT2D eigenvalue weighted by Gasteiger charge is 2.20. The SMILES string of the molecule is CN1CCc2ccc(NC(=O)c3cccc([N+](=O)[O-])c3Cl)cc2C1. The van der Waals surface area contributed by atoms with E-state index in [1.165, 1.54) is 29.3 Å². The van der Waals surface area contributed by atoms with Crippen LogP contribution in [0.2, 0.25) is 5.02 Å². The van der Waals surface area contributed by atoms with Gasteiger partial charge in [0.05, 0.1) is 10.5 Å². The molecule has 1 aliphatic rings. The summed E-state index contributed by atoms with van der Waals surface area (Å²) in [7, 11) is 2.05. The van der Waals surface area contributed by atoms with Crippen LogP contribution in [-0.4, -0.2) is 29.3 Å². The van der Waals surface area contributed by atoms with Crippen molar-refractivity contribution in [3.8, 4) is 0 Å². The molecule has 1 aliphatic heterocycles. The lowest BCUT2D eigenvalue weighted by Crippen LogP contribution is -2.26. The van der Waals surface area contributed by atoms with Crippen LogP contribution in [0.15, 0.2) is 36.4 Å². The van der Waals surface area contributed by atoms with Gasteiger partial charge in [-0.25, -0.2) is 0 Å². The normalized spacial score (nSPS) is 14.1. The molecule has 124 valence electrons. The minimum Gasteiger partial charge on any atom is -0.322 e. The van der Waals surface area contributed by atoms with Gasteiger partial charge < -0.3 is 10.2 Å². The van der Waals surface area contributed by atoms with Crippen LogP contribution in [0.3, 0.4) is 0 Å². The second kappa shape index (κ2) is 6.59. The molecular weight excluding hydrogens is 330 g/mol. The number of benzene rings is 2. The minimum atomic E-state index is -0.603. The van der Waals surface area contributed by atoms with Crippen LogP contribution in [-0.2, 0) is 13.0 Å². The molecule has 0 saturated heterocycles. The van der Waals surface area contributed by atoms with E-state index >= 15 is 0 Å². The zero-order chi connectivity index (χ0) is 17.3. The van der Waals surface area contributed by atoms with Crippen molar-refractivity contribution in [2.45, 2.75) is 13.0 Å². The molecule has 0 bridgehead atoms. The number of halogens is 1. The number of hydrogen-bond donors (Lipinski definition) is 1. The van der Waals surface area contributed by atoms with Crippen molar-refractivity contribution < 1.29 is 9.72 Å². The third-order valence-electron chi connectivity index (χ3n) is 4.09. The van der Waals surface area contributed by atoms with Crippen LogP contribution in [0.5, 0.6) is 0 Å². The largest absolute Gasteiger partial charge is 0.322 e. The van der Waals surface area contributed by atoms with Crippen molar-refractivity contribution in [3.05, 3.63) is 68.2 Å². The fraction of sp³-hybridized carbons (Fsp3) is 0.235. The molecule has 1 N–H and O–H groups in total. The van der Waals surface area contributed by atoms with E-state index in [-0.39, 0.29) is 16.3 Å². The lowest BCUT2D eigenvalue weighted by atomic mass is 9.99. The quantitative estimate of drug-likeness (QED) is 0.682. The summed E-state index contributed by atoms with van der Waals surface area (Å²) in [6.07, 6.45) is 0.983. The van der Waals surface area contributed by atoms with Crippen molar-refractivity contribution in [2.75, 3.05) is 18.9 Å². The van der Waals surface area contributed by atoms with Gasteiger partial charge >= 0.3 is 0 Å². The van der Waals surface area contributed by atoms with Gasteiger partial charge in [0.25, 0.3) is 11.6 Å². The van der Waals surface area contributed by atoms with Crippen molar-refractivity contribution in [1.82, 2.24) is 4.90 Å². The molecule has 0 atom stereocenters. The second-order valence-electron chi connectivity index (χ2n) is 5.82. The fourth-order valence-corrected chi connectivity index (χ4v) is 3.09. The van der Waals surface area contributed by atoms with Gasteiger partial charge in [-0.15, -0.1) is 0 Å².